The Bertz CT molecular complexity index is 510. The van der Waals surface area contributed by atoms with Crippen LogP contribution in [0.5, 0.6) is 5.75 Å². The third-order valence-corrected chi connectivity index (χ3v) is 5.39. The molecule has 0 radical (unpaired) electrons. The van der Waals surface area contributed by atoms with Crippen molar-refractivity contribution in [2.75, 3.05) is 13.7 Å². The molecule has 5 heteroatoms. The van der Waals surface area contributed by atoms with Crippen molar-refractivity contribution in [1.82, 2.24) is 0 Å². The average Bonchev–Trinajstić information content (AvgIpc) is 3.07. The van der Waals surface area contributed by atoms with Gasteiger partial charge in [0.2, 0.25) is 0 Å². The van der Waals surface area contributed by atoms with Crippen LogP contribution in [0.4, 0.5) is 0 Å². The van der Waals surface area contributed by atoms with E-state index in [1.165, 1.54) is 0 Å². The topological polar surface area (TPSA) is 64.7 Å². The summed E-state index contributed by atoms with van der Waals surface area (Å²) in [5.41, 5.74) is 6.52. The van der Waals surface area contributed by atoms with Gasteiger partial charge in [0, 0.05) is 12.0 Å². The maximum Gasteiger partial charge on any atom is 0.133 e. The molecule has 0 aromatic heterocycles. The van der Waals surface area contributed by atoms with Gasteiger partial charge in [0.25, 0.3) is 0 Å². The van der Waals surface area contributed by atoms with E-state index in [2.05, 4.69) is 15.9 Å². The SMILES string of the molecule is COc1ccc(C(O)C2(CN)CC3CCC2O3)cc1Br. The lowest BCUT2D eigenvalue weighted by atomic mass is 9.68. The summed E-state index contributed by atoms with van der Waals surface area (Å²) in [6.07, 6.45) is 2.67. The van der Waals surface area contributed by atoms with E-state index < -0.39 is 6.10 Å². The molecule has 3 rings (SSSR count). The van der Waals surface area contributed by atoms with E-state index in [9.17, 15) is 5.11 Å². The second-order valence-corrected chi connectivity index (χ2v) is 6.62. The minimum atomic E-state index is -0.606. The summed E-state index contributed by atoms with van der Waals surface area (Å²) in [7, 11) is 1.63. The minimum absolute atomic E-state index is 0.0772. The number of ether oxygens (including phenoxy) is 2. The van der Waals surface area contributed by atoms with Crippen LogP contribution in [0.3, 0.4) is 0 Å². The fourth-order valence-electron chi connectivity index (χ4n) is 3.63. The Morgan fingerprint density at radius 1 is 1.55 bits per heavy atom. The van der Waals surface area contributed by atoms with Gasteiger partial charge in [-0.2, -0.15) is 0 Å². The first kappa shape index (κ1) is 14.3. The number of aliphatic hydroxyl groups excluding tert-OH is 1. The Morgan fingerprint density at radius 2 is 2.35 bits per heavy atom. The number of hydrogen-bond acceptors (Lipinski definition) is 4. The summed E-state index contributed by atoms with van der Waals surface area (Å²) in [6.45, 7) is 0.443. The highest BCUT2D eigenvalue weighted by Crippen LogP contribution is 2.53. The summed E-state index contributed by atoms with van der Waals surface area (Å²) >= 11 is 3.47. The van der Waals surface area contributed by atoms with E-state index in [0.717, 1.165) is 35.0 Å². The molecule has 2 bridgehead atoms. The van der Waals surface area contributed by atoms with E-state index in [4.69, 9.17) is 15.2 Å². The molecule has 2 heterocycles. The molecular weight excluding hydrogens is 322 g/mol. The summed E-state index contributed by atoms with van der Waals surface area (Å²) in [4.78, 5) is 0. The molecule has 0 aliphatic carbocycles. The second kappa shape index (κ2) is 5.30. The predicted octanol–water partition coefficient (Wildman–Crippen LogP) is 2.39. The van der Waals surface area contributed by atoms with E-state index in [0.29, 0.717) is 6.54 Å². The Balaban J connectivity index is 1.91. The predicted molar refractivity (Wildman–Crippen MR) is 79.7 cm³/mol. The fourth-order valence-corrected chi connectivity index (χ4v) is 4.19. The molecule has 3 N–H and O–H groups in total. The molecule has 2 aliphatic rings. The molecule has 110 valence electrons. The van der Waals surface area contributed by atoms with E-state index in [1.807, 2.05) is 18.2 Å². The summed E-state index contributed by atoms with van der Waals surface area (Å²) in [5.74, 6) is 0.756. The van der Waals surface area contributed by atoms with Crippen molar-refractivity contribution in [3.8, 4) is 5.75 Å². The van der Waals surface area contributed by atoms with Crippen LogP contribution in [-0.2, 0) is 4.74 Å². The maximum absolute atomic E-state index is 10.9. The van der Waals surface area contributed by atoms with Gasteiger partial charge in [-0.3, -0.25) is 0 Å². The Kier molecular flexibility index (Phi) is 3.79. The molecular formula is C15H20BrNO3. The fraction of sp³-hybridized carbons (Fsp3) is 0.600. The van der Waals surface area contributed by atoms with Crippen molar-refractivity contribution in [2.24, 2.45) is 11.1 Å². The van der Waals surface area contributed by atoms with Crippen molar-refractivity contribution in [1.29, 1.82) is 0 Å². The highest BCUT2D eigenvalue weighted by molar-refractivity contribution is 9.10. The van der Waals surface area contributed by atoms with Crippen molar-refractivity contribution in [3.05, 3.63) is 28.2 Å². The van der Waals surface area contributed by atoms with Crippen LogP contribution < -0.4 is 10.5 Å². The molecule has 1 aromatic rings. The van der Waals surface area contributed by atoms with Crippen molar-refractivity contribution >= 4 is 15.9 Å². The first-order valence-corrected chi connectivity index (χ1v) is 7.77. The van der Waals surface area contributed by atoms with Crippen LogP contribution >= 0.6 is 15.9 Å². The number of rotatable bonds is 4. The Hall–Kier alpha value is -0.620. The maximum atomic E-state index is 10.9. The third-order valence-electron chi connectivity index (χ3n) is 4.77. The third kappa shape index (κ3) is 2.08. The zero-order chi connectivity index (χ0) is 14.3. The first-order chi connectivity index (χ1) is 9.60. The quantitative estimate of drug-likeness (QED) is 0.882. The lowest BCUT2D eigenvalue weighted by molar-refractivity contribution is -0.0264. The van der Waals surface area contributed by atoms with Crippen LogP contribution in [0, 0.1) is 5.41 Å². The molecule has 0 saturated carbocycles. The number of halogens is 1. The number of aliphatic hydroxyl groups is 1. The largest absolute Gasteiger partial charge is 0.496 e. The molecule has 1 aromatic carbocycles. The number of fused-ring (bicyclic) bond motifs is 2. The van der Waals surface area contributed by atoms with Gasteiger partial charge in [-0.15, -0.1) is 0 Å². The van der Waals surface area contributed by atoms with Gasteiger partial charge in [-0.05, 0) is 52.9 Å². The van der Waals surface area contributed by atoms with Gasteiger partial charge >= 0.3 is 0 Å². The van der Waals surface area contributed by atoms with Crippen LogP contribution in [-0.4, -0.2) is 31.0 Å². The highest BCUT2D eigenvalue weighted by Gasteiger charge is 2.55. The van der Waals surface area contributed by atoms with Crippen molar-refractivity contribution in [2.45, 2.75) is 37.6 Å². The minimum Gasteiger partial charge on any atom is -0.496 e. The molecule has 0 amide bonds. The molecule has 2 saturated heterocycles. The van der Waals surface area contributed by atoms with Crippen LogP contribution in [0.15, 0.2) is 22.7 Å². The monoisotopic (exact) mass is 341 g/mol. The molecule has 20 heavy (non-hydrogen) atoms. The summed E-state index contributed by atoms with van der Waals surface area (Å²) in [6, 6.07) is 5.67. The molecule has 4 nitrogen and oxygen atoms in total. The number of nitrogens with two attached hydrogens (primary N) is 1. The number of hydrogen-bond donors (Lipinski definition) is 2. The number of benzene rings is 1. The first-order valence-electron chi connectivity index (χ1n) is 6.98. The van der Waals surface area contributed by atoms with Crippen molar-refractivity contribution in [3.63, 3.8) is 0 Å². The van der Waals surface area contributed by atoms with E-state index in [-0.39, 0.29) is 17.6 Å². The molecule has 2 aliphatic heterocycles. The smallest absolute Gasteiger partial charge is 0.133 e. The lowest BCUT2D eigenvalue weighted by Gasteiger charge is -2.38. The standard InChI is InChI=1S/C15H20BrNO3/c1-19-12-4-2-9(6-11(12)16)14(18)15(8-17)7-10-3-5-13(15)20-10/h2,4,6,10,13-14,18H,3,5,7-8,17H2,1H3. The molecule has 4 unspecified atom stereocenters. The zero-order valence-electron chi connectivity index (χ0n) is 11.5. The van der Waals surface area contributed by atoms with E-state index in [1.54, 1.807) is 7.11 Å². The van der Waals surface area contributed by atoms with Gasteiger partial charge < -0.3 is 20.3 Å². The Labute approximate surface area is 127 Å². The van der Waals surface area contributed by atoms with Crippen LogP contribution in [0.1, 0.15) is 30.9 Å². The normalized spacial score (nSPS) is 33.4. The van der Waals surface area contributed by atoms with Gasteiger partial charge in [0.1, 0.15) is 5.75 Å². The average molecular weight is 342 g/mol. The zero-order valence-corrected chi connectivity index (χ0v) is 13.1. The van der Waals surface area contributed by atoms with Gasteiger partial charge in [0.05, 0.1) is 29.9 Å². The van der Waals surface area contributed by atoms with Crippen LogP contribution in [0.2, 0.25) is 0 Å². The van der Waals surface area contributed by atoms with Crippen LogP contribution in [0.25, 0.3) is 0 Å². The second-order valence-electron chi connectivity index (χ2n) is 5.76. The van der Waals surface area contributed by atoms with Gasteiger partial charge in [-0.25, -0.2) is 0 Å². The van der Waals surface area contributed by atoms with Gasteiger partial charge in [-0.1, -0.05) is 6.07 Å². The summed E-state index contributed by atoms with van der Waals surface area (Å²) < 4.78 is 12.0. The number of methoxy groups -OCH3 is 1. The molecule has 2 fully saturated rings. The van der Waals surface area contributed by atoms with E-state index >= 15 is 0 Å². The lowest BCUT2D eigenvalue weighted by Crippen LogP contribution is -2.44. The van der Waals surface area contributed by atoms with Crippen molar-refractivity contribution < 1.29 is 14.6 Å². The Morgan fingerprint density at radius 3 is 2.85 bits per heavy atom. The summed E-state index contributed by atoms with van der Waals surface area (Å²) in [5, 5.41) is 10.9. The highest BCUT2D eigenvalue weighted by atomic mass is 79.9. The molecule has 0 spiro atoms. The molecule has 4 atom stereocenters. The van der Waals surface area contributed by atoms with Gasteiger partial charge in [0.15, 0.2) is 0 Å².